The molecule has 1 aliphatic rings. The van der Waals surface area contributed by atoms with Crippen LogP contribution in [0.5, 0.6) is 5.75 Å². The normalized spacial score (nSPS) is 14.4. The van der Waals surface area contributed by atoms with E-state index in [1.54, 1.807) is 42.1 Å². The average molecular weight is 583 g/mol. The number of thioether (sulfide) groups is 1. The van der Waals surface area contributed by atoms with Crippen LogP contribution in [0.25, 0.3) is 11.1 Å². The van der Waals surface area contributed by atoms with Gasteiger partial charge in [0.1, 0.15) is 34.2 Å². The lowest BCUT2D eigenvalue weighted by Gasteiger charge is -2.21. The van der Waals surface area contributed by atoms with E-state index in [9.17, 15) is 18.7 Å². The molecular weight excluding hydrogens is 558 g/mol. The van der Waals surface area contributed by atoms with Crippen LogP contribution >= 0.6 is 23.4 Å². The molecule has 1 aliphatic heterocycles. The van der Waals surface area contributed by atoms with Crippen molar-refractivity contribution in [1.82, 2.24) is 14.9 Å². The molecule has 4 aromatic rings. The fourth-order valence-electron chi connectivity index (χ4n) is 4.54. The number of nitrogens with zero attached hydrogens (tertiary/aromatic N) is 3. The number of rotatable bonds is 10. The predicted molar refractivity (Wildman–Crippen MR) is 152 cm³/mol. The van der Waals surface area contributed by atoms with Gasteiger partial charge in [0.2, 0.25) is 0 Å². The summed E-state index contributed by atoms with van der Waals surface area (Å²) in [5.74, 6) is 0.228. The highest BCUT2D eigenvalue weighted by atomic mass is 35.5. The van der Waals surface area contributed by atoms with Crippen molar-refractivity contribution < 1.29 is 23.4 Å². The number of benzene rings is 2. The fourth-order valence-corrected chi connectivity index (χ4v) is 5.27. The molecule has 206 valence electrons. The molecular formula is C29H25ClF2N4O3S. The largest absolute Gasteiger partial charge is 0.493 e. The van der Waals surface area contributed by atoms with Gasteiger partial charge in [-0.2, -0.15) is 11.8 Å². The number of anilines is 2. The number of pyridine rings is 2. The Labute approximate surface area is 239 Å². The molecule has 0 bridgehead atoms. The van der Waals surface area contributed by atoms with E-state index >= 15 is 0 Å². The predicted octanol–water partition coefficient (Wildman–Crippen LogP) is 6.60. The zero-order valence-electron chi connectivity index (χ0n) is 21.4. The third-order valence-corrected chi connectivity index (χ3v) is 7.15. The molecule has 3 heterocycles. The first kappa shape index (κ1) is 27.8. The van der Waals surface area contributed by atoms with Gasteiger partial charge in [-0.15, -0.1) is 0 Å². The second-order valence-electron chi connectivity index (χ2n) is 9.09. The topological polar surface area (TPSA) is 87.6 Å². The fraction of sp³-hybridized carbons (Fsp3) is 0.207. The number of amides is 1. The van der Waals surface area contributed by atoms with Gasteiger partial charge in [0.05, 0.1) is 12.8 Å². The molecule has 0 saturated carbocycles. The number of aromatic nitrogens is 2. The molecule has 0 saturated heterocycles. The van der Waals surface area contributed by atoms with E-state index in [0.29, 0.717) is 39.9 Å². The second kappa shape index (κ2) is 12.2. The Kier molecular flexibility index (Phi) is 8.49. The molecule has 0 fully saturated rings. The Bertz CT molecular complexity index is 1560. The summed E-state index contributed by atoms with van der Waals surface area (Å²) in [6.07, 6.45) is 2.37. The summed E-state index contributed by atoms with van der Waals surface area (Å²) < 4.78 is 35.0. The summed E-state index contributed by atoms with van der Waals surface area (Å²) in [5, 5.41) is 13.9. The van der Waals surface area contributed by atoms with Gasteiger partial charge in [0.15, 0.2) is 6.23 Å². The standard InChI is InChI=1S/C29H25ClF2N4O3S/c1-40-16-17-11-25(30)34-27(12-17)35-26-14-22(23(32)15-33-26)19-8-7-18(31)13-24(19)39-10-4-9-36-28(37)20-5-2-3-6-21(20)29(36)38/h2-3,5-8,11-15,28,37H,4,9-10,16H2,1H3,(H,33,34,35). The number of aliphatic hydroxyl groups is 1. The van der Waals surface area contributed by atoms with Crippen molar-refractivity contribution in [3.05, 3.63) is 100 Å². The van der Waals surface area contributed by atoms with Crippen LogP contribution < -0.4 is 10.1 Å². The van der Waals surface area contributed by atoms with Crippen molar-refractivity contribution in [1.29, 1.82) is 0 Å². The Balaban J connectivity index is 1.30. The highest BCUT2D eigenvalue weighted by Gasteiger charge is 2.34. The van der Waals surface area contributed by atoms with Crippen LogP contribution in [0.4, 0.5) is 20.4 Å². The van der Waals surface area contributed by atoms with Crippen molar-refractivity contribution >= 4 is 40.9 Å². The Morgan fingerprint density at radius 2 is 1.90 bits per heavy atom. The van der Waals surface area contributed by atoms with Crippen LogP contribution in [0, 0.1) is 11.6 Å². The van der Waals surface area contributed by atoms with Gasteiger partial charge in [-0.1, -0.05) is 29.8 Å². The molecule has 0 spiro atoms. The number of hydrogen-bond acceptors (Lipinski definition) is 7. The van der Waals surface area contributed by atoms with Crippen molar-refractivity contribution in [2.24, 2.45) is 0 Å². The third-order valence-electron chi connectivity index (χ3n) is 6.34. The van der Waals surface area contributed by atoms with Crippen LogP contribution in [0.2, 0.25) is 5.15 Å². The molecule has 0 radical (unpaired) electrons. The van der Waals surface area contributed by atoms with Gasteiger partial charge < -0.3 is 20.1 Å². The van der Waals surface area contributed by atoms with Gasteiger partial charge in [-0.25, -0.2) is 18.7 Å². The minimum Gasteiger partial charge on any atom is -0.493 e. The molecule has 2 aromatic carbocycles. The van der Waals surface area contributed by atoms with Crippen LogP contribution in [0.3, 0.4) is 0 Å². The number of ether oxygens (including phenoxy) is 1. The van der Waals surface area contributed by atoms with Gasteiger partial charge in [0.25, 0.3) is 5.91 Å². The lowest BCUT2D eigenvalue weighted by molar-refractivity contribution is 0.0158. The maximum atomic E-state index is 15.0. The van der Waals surface area contributed by atoms with Gasteiger partial charge >= 0.3 is 0 Å². The number of aliphatic hydroxyl groups excluding tert-OH is 1. The lowest BCUT2D eigenvalue weighted by atomic mass is 10.0. The highest BCUT2D eigenvalue weighted by molar-refractivity contribution is 7.97. The van der Waals surface area contributed by atoms with Crippen LogP contribution in [0.1, 0.15) is 34.1 Å². The third kappa shape index (κ3) is 6.04. The summed E-state index contributed by atoms with van der Waals surface area (Å²) in [6.45, 7) is 0.327. The lowest BCUT2D eigenvalue weighted by Crippen LogP contribution is -2.29. The maximum Gasteiger partial charge on any atom is 0.256 e. The Morgan fingerprint density at radius 3 is 2.70 bits per heavy atom. The Morgan fingerprint density at radius 1 is 1.07 bits per heavy atom. The number of carbonyl (C=O) groups excluding carboxylic acids is 1. The average Bonchev–Trinajstić information content (AvgIpc) is 3.17. The van der Waals surface area contributed by atoms with Crippen LogP contribution in [0.15, 0.2) is 66.9 Å². The van der Waals surface area contributed by atoms with Crippen molar-refractivity contribution in [3.63, 3.8) is 0 Å². The second-order valence-corrected chi connectivity index (χ2v) is 10.3. The molecule has 1 atom stereocenters. The van der Waals surface area contributed by atoms with Gasteiger partial charge in [-0.3, -0.25) is 4.79 Å². The first-order valence-corrected chi connectivity index (χ1v) is 14.2. The summed E-state index contributed by atoms with van der Waals surface area (Å²) in [5.41, 5.74) is 2.48. The molecule has 1 unspecified atom stereocenters. The molecule has 5 rings (SSSR count). The van der Waals surface area contributed by atoms with E-state index in [2.05, 4.69) is 15.3 Å². The zero-order chi connectivity index (χ0) is 28.2. The highest BCUT2D eigenvalue weighted by Crippen LogP contribution is 2.35. The quantitative estimate of drug-likeness (QED) is 0.161. The van der Waals surface area contributed by atoms with Crippen molar-refractivity contribution in [2.45, 2.75) is 18.4 Å². The van der Waals surface area contributed by atoms with E-state index in [1.165, 1.54) is 29.2 Å². The summed E-state index contributed by atoms with van der Waals surface area (Å²) >= 11 is 7.79. The van der Waals surface area contributed by atoms with E-state index in [-0.39, 0.29) is 30.4 Å². The SMILES string of the molecule is CSCc1cc(Cl)nc(Nc2cc(-c3ccc(F)cc3OCCCN3C(=O)c4ccccc4C3O)c(F)cn2)c1. The molecule has 7 nitrogen and oxygen atoms in total. The van der Waals surface area contributed by atoms with Crippen molar-refractivity contribution in [3.8, 4) is 16.9 Å². The van der Waals surface area contributed by atoms with Crippen LogP contribution in [-0.2, 0) is 5.75 Å². The minimum atomic E-state index is -1.03. The Hall–Kier alpha value is -3.73. The molecule has 40 heavy (non-hydrogen) atoms. The van der Waals surface area contributed by atoms with Crippen molar-refractivity contribution in [2.75, 3.05) is 24.7 Å². The van der Waals surface area contributed by atoms with E-state index in [1.807, 2.05) is 12.3 Å². The molecule has 1 amide bonds. The summed E-state index contributed by atoms with van der Waals surface area (Å²) in [4.78, 5) is 22.4. The van der Waals surface area contributed by atoms with Crippen LogP contribution in [-0.4, -0.2) is 45.3 Å². The number of fused-ring (bicyclic) bond motifs is 1. The maximum absolute atomic E-state index is 15.0. The molecule has 0 aliphatic carbocycles. The van der Waals surface area contributed by atoms with E-state index in [4.69, 9.17) is 16.3 Å². The first-order valence-electron chi connectivity index (χ1n) is 12.4. The van der Waals surface area contributed by atoms with Gasteiger partial charge in [0, 0.05) is 40.6 Å². The monoisotopic (exact) mass is 582 g/mol. The summed E-state index contributed by atoms with van der Waals surface area (Å²) in [7, 11) is 0. The van der Waals surface area contributed by atoms with E-state index in [0.717, 1.165) is 17.5 Å². The van der Waals surface area contributed by atoms with Gasteiger partial charge in [-0.05, 0) is 54.6 Å². The molecule has 2 aromatic heterocycles. The number of nitrogens with one attached hydrogen (secondary N) is 1. The molecule has 2 N–H and O–H groups in total. The minimum absolute atomic E-state index is 0.103. The zero-order valence-corrected chi connectivity index (χ0v) is 23.0. The smallest absolute Gasteiger partial charge is 0.256 e. The number of carbonyl (C=O) groups is 1. The number of hydrogen-bond donors (Lipinski definition) is 2. The van der Waals surface area contributed by atoms with E-state index < -0.39 is 17.9 Å². The molecule has 11 heteroatoms. The first-order chi connectivity index (χ1) is 19.3. The summed E-state index contributed by atoms with van der Waals surface area (Å²) in [6, 6.07) is 15.8. The number of halogens is 3.